The number of hydrogen-bond donors (Lipinski definition) is 0. The average Bonchev–Trinajstić information content (AvgIpc) is 2.90. The van der Waals surface area contributed by atoms with E-state index in [-0.39, 0.29) is 12.4 Å². The predicted molar refractivity (Wildman–Crippen MR) is 85.7 cm³/mol. The van der Waals surface area contributed by atoms with Crippen molar-refractivity contribution in [2.45, 2.75) is 26.8 Å². The molecule has 0 aliphatic carbocycles. The van der Waals surface area contributed by atoms with Gasteiger partial charge in [-0.1, -0.05) is 24.3 Å². The molecule has 1 heterocycles. The van der Waals surface area contributed by atoms with Crippen molar-refractivity contribution in [2.75, 3.05) is 18.6 Å². The van der Waals surface area contributed by atoms with Crippen LogP contribution in [0.2, 0.25) is 0 Å². The van der Waals surface area contributed by atoms with E-state index in [4.69, 9.17) is 4.74 Å². The molecule has 0 aliphatic rings. The Morgan fingerprint density at radius 2 is 2.14 bits per heavy atom. The Labute approximate surface area is 129 Å². The van der Waals surface area contributed by atoms with Gasteiger partial charge in [0.2, 0.25) is 0 Å². The number of esters is 1. The van der Waals surface area contributed by atoms with Crippen molar-refractivity contribution < 1.29 is 9.53 Å². The highest BCUT2D eigenvalue weighted by molar-refractivity contribution is 7.13. The Hall–Kier alpha value is -1.88. The Morgan fingerprint density at radius 1 is 1.38 bits per heavy atom. The minimum Gasteiger partial charge on any atom is -0.466 e. The molecule has 0 unspecified atom stereocenters. The van der Waals surface area contributed by atoms with Crippen LogP contribution in [0.5, 0.6) is 0 Å². The Bertz CT molecular complexity index is 610. The molecule has 0 bridgehead atoms. The summed E-state index contributed by atoms with van der Waals surface area (Å²) in [6.07, 6.45) is 0.239. The summed E-state index contributed by atoms with van der Waals surface area (Å²) < 4.78 is 4.94. The largest absolute Gasteiger partial charge is 0.466 e. The second-order valence-electron chi connectivity index (χ2n) is 4.89. The molecule has 0 amide bonds. The molecule has 0 atom stereocenters. The third-order valence-electron chi connectivity index (χ3n) is 3.17. The van der Waals surface area contributed by atoms with Gasteiger partial charge in [0.05, 0.1) is 18.7 Å². The lowest BCUT2D eigenvalue weighted by Gasteiger charge is -2.17. The van der Waals surface area contributed by atoms with E-state index < -0.39 is 0 Å². The summed E-state index contributed by atoms with van der Waals surface area (Å²) >= 11 is 1.55. The summed E-state index contributed by atoms with van der Waals surface area (Å²) in [5, 5.41) is 2.83. The van der Waals surface area contributed by atoms with Crippen molar-refractivity contribution in [1.82, 2.24) is 4.98 Å². The Balaban J connectivity index is 2.00. The molecule has 2 rings (SSSR count). The van der Waals surface area contributed by atoms with Gasteiger partial charge in [-0.15, -0.1) is 11.3 Å². The van der Waals surface area contributed by atoms with Crippen LogP contribution in [0, 0.1) is 6.92 Å². The Kier molecular flexibility index (Phi) is 5.33. The van der Waals surface area contributed by atoms with E-state index >= 15 is 0 Å². The highest BCUT2D eigenvalue weighted by atomic mass is 32.1. The van der Waals surface area contributed by atoms with E-state index in [0.717, 1.165) is 17.4 Å². The molecule has 0 saturated carbocycles. The number of carbonyl (C=O) groups is 1. The first-order valence-electron chi connectivity index (χ1n) is 6.95. The van der Waals surface area contributed by atoms with E-state index in [1.165, 1.54) is 11.1 Å². The first-order valence-corrected chi connectivity index (χ1v) is 7.83. The minimum absolute atomic E-state index is 0.226. The number of carbonyl (C=O) groups excluding carboxylic acids is 1. The molecule has 21 heavy (non-hydrogen) atoms. The maximum absolute atomic E-state index is 11.5. The zero-order valence-electron chi connectivity index (χ0n) is 12.6. The minimum atomic E-state index is -0.226. The molecule has 0 spiro atoms. The predicted octanol–water partition coefficient (Wildman–Crippen LogP) is 3.19. The van der Waals surface area contributed by atoms with E-state index in [0.29, 0.717) is 6.61 Å². The topological polar surface area (TPSA) is 42.4 Å². The van der Waals surface area contributed by atoms with Crippen LogP contribution in [-0.4, -0.2) is 24.6 Å². The van der Waals surface area contributed by atoms with Crippen LogP contribution in [0.25, 0.3) is 0 Å². The molecule has 1 aromatic carbocycles. The van der Waals surface area contributed by atoms with Crippen LogP contribution in [0.15, 0.2) is 29.6 Å². The van der Waals surface area contributed by atoms with Gasteiger partial charge in [0, 0.05) is 19.0 Å². The van der Waals surface area contributed by atoms with Gasteiger partial charge in [0.15, 0.2) is 5.13 Å². The normalized spacial score (nSPS) is 10.4. The molecule has 1 aromatic heterocycles. The number of aromatic nitrogens is 1. The lowest BCUT2D eigenvalue weighted by Crippen LogP contribution is -2.17. The summed E-state index contributed by atoms with van der Waals surface area (Å²) in [7, 11) is 2.01. The molecule has 2 aromatic rings. The third-order valence-corrected chi connectivity index (χ3v) is 4.17. The molecule has 0 aliphatic heterocycles. The van der Waals surface area contributed by atoms with Crippen molar-refractivity contribution >= 4 is 22.4 Å². The van der Waals surface area contributed by atoms with Crippen LogP contribution in [0.3, 0.4) is 0 Å². The SMILES string of the molecule is CCOC(=O)Cc1csc(N(C)Cc2ccccc2C)n1. The lowest BCUT2D eigenvalue weighted by atomic mass is 10.1. The van der Waals surface area contributed by atoms with Gasteiger partial charge in [-0.2, -0.15) is 0 Å². The molecule has 5 heteroatoms. The van der Waals surface area contributed by atoms with Crippen LogP contribution >= 0.6 is 11.3 Å². The zero-order valence-corrected chi connectivity index (χ0v) is 13.4. The van der Waals surface area contributed by atoms with Gasteiger partial charge in [-0.25, -0.2) is 4.98 Å². The number of anilines is 1. The third kappa shape index (κ3) is 4.29. The van der Waals surface area contributed by atoms with Gasteiger partial charge in [-0.05, 0) is 25.0 Å². The molecule has 112 valence electrons. The molecule has 0 radical (unpaired) electrons. The fraction of sp³-hybridized carbons (Fsp3) is 0.375. The lowest BCUT2D eigenvalue weighted by molar-refractivity contribution is -0.142. The monoisotopic (exact) mass is 304 g/mol. The average molecular weight is 304 g/mol. The summed E-state index contributed by atoms with van der Waals surface area (Å²) in [5.41, 5.74) is 3.32. The second kappa shape index (κ2) is 7.22. The van der Waals surface area contributed by atoms with Crippen LogP contribution in [-0.2, 0) is 22.5 Å². The number of benzene rings is 1. The van der Waals surface area contributed by atoms with Crippen LogP contribution in [0.1, 0.15) is 23.7 Å². The van der Waals surface area contributed by atoms with Crippen LogP contribution < -0.4 is 4.90 Å². The number of aryl methyl sites for hydroxylation is 1. The standard InChI is InChI=1S/C16H20N2O2S/c1-4-20-15(19)9-14-11-21-16(17-14)18(3)10-13-8-6-5-7-12(13)2/h5-8,11H,4,9-10H2,1-3H3. The quantitative estimate of drug-likeness (QED) is 0.769. The molecule has 0 fully saturated rings. The Morgan fingerprint density at radius 3 is 2.86 bits per heavy atom. The van der Waals surface area contributed by atoms with Crippen molar-refractivity contribution in [3.05, 3.63) is 46.5 Å². The number of ether oxygens (including phenoxy) is 1. The van der Waals surface area contributed by atoms with Gasteiger partial charge < -0.3 is 9.64 Å². The smallest absolute Gasteiger partial charge is 0.311 e. The number of rotatable bonds is 6. The number of thiazole rings is 1. The molecular formula is C16H20N2O2S. The number of nitrogens with zero attached hydrogens (tertiary/aromatic N) is 2. The molecule has 0 N–H and O–H groups in total. The second-order valence-corrected chi connectivity index (χ2v) is 5.72. The maximum atomic E-state index is 11.5. The van der Waals surface area contributed by atoms with Gasteiger partial charge in [0.25, 0.3) is 0 Å². The van der Waals surface area contributed by atoms with Gasteiger partial charge >= 0.3 is 5.97 Å². The summed E-state index contributed by atoms with van der Waals surface area (Å²) in [5.74, 6) is -0.226. The summed E-state index contributed by atoms with van der Waals surface area (Å²) in [6.45, 7) is 5.12. The van der Waals surface area contributed by atoms with Gasteiger partial charge in [0.1, 0.15) is 0 Å². The summed E-state index contributed by atoms with van der Waals surface area (Å²) in [4.78, 5) is 18.1. The van der Waals surface area contributed by atoms with E-state index in [9.17, 15) is 4.79 Å². The fourth-order valence-electron chi connectivity index (χ4n) is 2.02. The van der Waals surface area contributed by atoms with E-state index in [1.807, 2.05) is 24.6 Å². The molecular weight excluding hydrogens is 284 g/mol. The fourth-order valence-corrected chi connectivity index (χ4v) is 2.82. The highest BCUT2D eigenvalue weighted by Gasteiger charge is 2.11. The zero-order chi connectivity index (χ0) is 15.2. The highest BCUT2D eigenvalue weighted by Crippen LogP contribution is 2.22. The van der Waals surface area contributed by atoms with Crippen LogP contribution in [0.4, 0.5) is 5.13 Å². The van der Waals surface area contributed by atoms with E-state index in [1.54, 1.807) is 18.3 Å². The van der Waals surface area contributed by atoms with E-state index in [2.05, 4.69) is 28.9 Å². The summed E-state index contributed by atoms with van der Waals surface area (Å²) in [6, 6.07) is 8.32. The number of hydrogen-bond acceptors (Lipinski definition) is 5. The molecule has 4 nitrogen and oxygen atoms in total. The van der Waals surface area contributed by atoms with Crippen molar-refractivity contribution in [2.24, 2.45) is 0 Å². The van der Waals surface area contributed by atoms with Crippen molar-refractivity contribution in [1.29, 1.82) is 0 Å². The maximum Gasteiger partial charge on any atom is 0.311 e. The van der Waals surface area contributed by atoms with Gasteiger partial charge in [-0.3, -0.25) is 4.79 Å². The first kappa shape index (κ1) is 15.5. The van der Waals surface area contributed by atoms with Crippen molar-refractivity contribution in [3.63, 3.8) is 0 Å². The first-order chi connectivity index (χ1) is 10.1. The molecule has 0 saturated heterocycles. The van der Waals surface area contributed by atoms with Crippen molar-refractivity contribution in [3.8, 4) is 0 Å².